The number of carbonyl (C=O) groups is 3. The summed E-state index contributed by atoms with van der Waals surface area (Å²) >= 11 is 0. The van der Waals surface area contributed by atoms with Gasteiger partial charge in [-0.05, 0) is 43.9 Å². The molecule has 1 heterocycles. The Bertz CT molecular complexity index is 649. The number of esters is 1. The second kappa shape index (κ2) is 6.63. The van der Waals surface area contributed by atoms with Gasteiger partial charge in [0.05, 0.1) is 18.6 Å². The highest BCUT2D eigenvalue weighted by Crippen LogP contribution is 2.49. The van der Waals surface area contributed by atoms with Crippen LogP contribution >= 0.6 is 0 Å². The lowest BCUT2D eigenvalue weighted by molar-refractivity contribution is -0.146. The zero-order chi connectivity index (χ0) is 17.2. The molecule has 6 heteroatoms. The number of benzene rings is 1. The first-order valence-corrected chi connectivity index (χ1v) is 8.40. The lowest BCUT2D eigenvalue weighted by Gasteiger charge is -2.16. The van der Waals surface area contributed by atoms with Crippen molar-refractivity contribution >= 4 is 23.5 Å². The molecular weight excluding hydrogens is 308 g/mol. The van der Waals surface area contributed by atoms with Crippen molar-refractivity contribution < 1.29 is 19.1 Å². The quantitative estimate of drug-likeness (QED) is 0.808. The molecule has 1 aromatic rings. The van der Waals surface area contributed by atoms with Gasteiger partial charge in [-0.1, -0.05) is 12.1 Å². The molecule has 1 saturated carbocycles. The van der Waals surface area contributed by atoms with E-state index in [9.17, 15) is 14.4 Å². The topological polar surface area (TPSA) is 75.7 Å². The van der Waals surface area contributed by atoms with Gasteiger partial charge in [0.25, 0.3) is 0 Å². The van der Waals surface area contributed by atoms with Crippen molar-refractivity contribution in [1.82, 2.24) is 4.90 Å². The van der Waals surface area contributed by atoms with Crippen LogP contribution in [-0.4, -0.2) is 42.4 Å². The summed E-state index contributed by atoms with van der Waals surface area (Å²) in [4.78, 5) is 37.2. The number of rotatable bonds is 6. The predicted octanol–water partition coefficient (Wildman–Crippen LogP) is 1.84. The summed E-state index contributed by atoms with van der Waals surface area (Å²) in [6.07, 6.45) is 2.94. The number of likely N-dealkylation sites (tertiary alicyclic amines) is 1. The van der Waals surface area contributed by atoms with Crippen molar-refractivity contribution in [2.75, 3.05) is 25.0 Å². The summed E-state index contributed by atoms with van der Waals surface area (Å²) in [7, 11) is 0. The maximum absolute atomic E-state index is 12.1. The first-order valence-electron chi connectivity index (χ1n) is 8.40. The number of nitrogens with zero attached hydrogens (tertiary/aromatic N) is 1. The van der Waals surface area contributed by atoms with E-state index < -0.39 is 5.41 Å². The number of anilines is 1. The summed E-state index contributed by atoms with van der Waals surface area (Å²) in [6, 6.07) is 7.30. The average molecular weight is 330 g/mol. The van der Waals surface area contributed by atoms with Gasteiger partial charge in [-0.25, -0.2) is 0 Å². The van der Waals surface area contributed by atoms with E-state index in [1.165, 1.54) is 0 Å². The van der Waals surface area contributed by atoms with Crippen molar-refractivity contribution in [1.29, 1.82) is 0 Å². The molecule has 2 amide bonds. The van der Waals surface area contributed by atoms with Gasteiger partial charge in [-0.2, -0.15) is 0 Å². The van der Waals surface area contributed by atoms with Crippen LogP contribution in [0.3, 0.4) is 0 Å². The Morgan fingerprint density at radius 3 is 2.50 bits per heavy atom. The molecule has 1 N–H and O–H groups in total. The van der Waals surface area contributed by atoms with Gasteiger partial charge >= 0.3 is 5.97 Å². The van der Waals surface area contributed by atoms with E-state index in [-0.39, 0.29) is 24.3 Å². The minimum absolute atomic E-state index is 0.0330. The van der Waals surface area contributed by atoms with Crippen LogP contribution in [0, 0.1) is 0 Å². The van der Waals surface area contributed by atoms with E-state index in [0.29, 0.717) is 25.3 Å². The maximum Gasteiger partial charge on any atom is 0.316 e. The fraction of sp³-hybridized carbons (Fsp3) is 0.500. The van der Waals surface area contributed by atoms with Crippen molar-refractivity contribution in [2.24, 2.45) is 0 Å². The highest BCUT2D eigenvalue weighted by atomic mass is 16.5. The molecule has 1 aromatic carbocycles. The molecule has 0 unspecified atom stereocenters. The number of nitrogens with one attached hydrogen (secondary N) is 1. The Kier molecular flexibility index (Phi) is 4.55. The molecule has 0 aromatic heterocycles. The van der Waals surface area contributed by atoms with Crippen LogP contribution in [0.1, 0.15) is 38.2 Å². The van der Waals surface area contributed by atoms with E-state index in [1.807, 2.05) is 12.1 Å². The van der Waals surface area contributed by atoms with Crippen molar-refractivity contribution in [3.05, 3.63) is 29.8 Å². The minimum atomic E-state index is -0.499. The summed E-state index contributed by atoms with van der Waals surface area (Å²) in [5.74, 6) is -0.343. The molecule has 24 heavy (non-hydrogen) atoms. The number of hydrogen-bond donors (Lipinski definition) is 1. The molecule has 2 fully saturated rings. The molecular formula is C18H22N2O4. The van der Waals surface area contributed by atoms with E-state index in [0.717, 1.165) is 24.8 Å². The summed E-state index contributed by atoms with van der Waals surface area (Å²) in [5, 5.41) is 2.79. The van der Waals surface area contributed by atoms with Gasteiger partial charge in [0.1, 0.15) is 0 Å². The highest BCUT2D eigenvalue weighted by Gasteiger charge is 2.52. The standard InChI is InChI=1S/C18H22N2O4/c1-2-24-17(23)18(9-10-18)13-5-7-14(8-6-13)19-15(21)12-20-11-3-4-16(20)22/h5-8H,2-4,9-12H2,1H3,(H,19,21). The van der Waals surface area contributed by atoms with E-state index in [1.54, 1.807) is 24.0 Å². The first kappa shape index (κ1) is 16.5. The number of hydrogen-bond acceptors (Lipinski definition) is 4. The molecule has 2 aliphatic rings. The Morgan fingerprint density at radius 2 is 1.96 bits per heavy atom. The van der Waals surface area contributed by atoms with Crippen molar-refractivity contribution in [3.63, 3.8) is 0 Å². The van der Waals surface area contributed by atoms with Gasteiger partial charge in [-0.15, -0.1) is 0 Å². The minimum Gasteiger partial charge on any atom is -0.465 e. The smallest absolute Gasteiger partial charge is 0.316 e. The third-order valence-corrected chi connectivity index (χ3v) is 4.64. The summed E-state index contributed by atoms with van der Waals surface area (Å²) < 4.78 is 5.16. The van der Waals surface area contributed by atoms with Crippen LogP contribution in [0.2, 0.25) is 0 Å². The summed E-state index contributed by atoms with van der Waals surface area (Å²) in [5.41, 5.74) is 1.09. The SMILES string of the molecule is CCOC(=O)C1(c2ccc(NC(=O)CN3CCCC3=O)cc2)CC1. The fourth-order valence-corrected chi connectivity index (χ4v) is 3.12. The van der Waals surface area contributed by atoms with E-state index in [4.69, 9.17) is 4.74 Å². The normalized spacial score (nSPS) is 18.4. The molecule has 1 aliphatic heterocycles. The predicted molar refractivity (Wildman–Crippen MR) is 88.4 cm³/mol. The van der Waals surface area contributed by atoms with Crippen LogP contribution in [0.5, 0.6) is 0 Å². The highest BCUT2D eigenvalue weighted by molar-refractivity contribution is 5.95. The monoisotopic (exact) mass is 330 g/mol. The average Bonchev–Trinajstić information content (AvgIpc) is 3.28. The second-order valence-corrected chi connectivity index (χ2v) is 6.35. The first-order chi connectivity index (χ1) is 11.5. The Labute approximate surface area is 141 Å². The molecule has 0 radical (unpaired) electrons. The third-order valence-electron chi connectivity index (χ3n) is 4.64. The lowest BCUT2D eigenvalue weighted by Crippen LogP contribution is -2.33. The molecule has 0 atom stereocenters. The number of amides is 2. The van der Waals surface area contributed by atoms with Crippen LogP contribution in [-0.2, 0) is 24.5 Å². The van der Waals surface area contributed by atoms with Crippen molar-refractivity contribution in [3.8, 4) is 0 Å². The van der Waals surface area contributed by atoms with Crippen LogP contribution in [0.25, 0.3) is 0 Å². The van der Waals surface area contributed by atoms with Gasteiger partial charge in [0.2, 0.25) is 11.8 Å². The molecule has 6 nitrogen and oxygen atoms in total. The number of ether oxygens (including phenoxy) is 1. The molecule has 3 rings (SSSR count). The van der Waals surface area contributed by atoms with Gasteiger partial charge < -0.3 is 15.0 Å². The molecule has 1 saturated heterocycles. The Hall–Kier alpha value is -2.37. The van der Waals surface area contributed by atoms with Gasteiger partial charge in [0.15, 0.2) is 0 Å². The van der Waals surface area contributed by atoms with Crippen LogP contribution < -0.4 is 5.32 Å². The zero-order valence-electron chi connectivity index (χ0n) is 13.8. The van der Waals surface area contributed by atoms with Crippen LogP contribution in [0.15, 0.2) is 24.3 Å². The Balaban J connectivity index is 1.60. The molecule has 0 spiro atoms. The van der Waals surface area contributed by atoms with Gasteiger partial charge in [0, 0.05) is 18.7 Å². The maximum atomic E-state index is 12.1. The lowest BCUT2D eigenvalue weighted by atomic mass is 9.96. The largest absolute Gasteiger partial charge is 0.465 e. The van der Waals surface area contributed by atoms with E-state index >= 15 is 0 Å². The van der Waals surface area contributed by atoms with Crippen LogP contribution in [0.4, 0.5) is 5.69 Å². The Morgan fingerprint density at radius 1 is 1.25 bits per heavy atom. The zero-order valence-corrected chi connectivity index (χ0v) is 13.8. The van der Waals surface area contributed by atoms with Crippen molar-refractivity contribution in [2.45, 2.75) is 38.0 Å². The summed E-state index contributed by atoms with van der Waals surface area (Å²) in [6.45, 7) is 2.92. The third kappa shape index (κ3) is 3.27. The second-order valence-electron chi connectivity index (χ2n) is 6.35. The van der Waals surface area contributed by atoms with Gasteiger partial charge in [-0.3, -0.25) is 14.4 Å². The molecule has 0 bridgehead atoms. The van der Waals surface area contributed by atoms with E-state index in [2.05, 4.69) is 5.32 Å². The number of carbonyl (C=O) groups excluding carboxylic acids is 3. The fourth-order valence-electron chi connectivity index (χ4n) is 3.12. The molecule has 1 aliphatic carbocycles. The molecule has 128 valence electrons.